The first-order chi connectivity index (χ1) is 12.9. The molecule has 0 fully saturated rings. The van der Waals surface area contributed by atoms with E-state index in [1.807, 2.05) is 31.2 Å². The van der Waals surface area contributed by atoms with Crippen molar-refractivity contribution in [2.75, 3.05) is 11.6 Å². The van der Waals surface area contributed by atoms with Crippen LogP contribution in [0.3, 0.4) is 0 Å². The third kappa shape index (κ3) is 4.94. The first-order valence-corrected chi connectivity index (χ1v) is 9.79. The number of aromatic nitrogens is 3. The second-order valence-electron chi connectivity index (χ2n) is 5.85. The van der Waals surface area contributed by atoms with Crippen LogP contribution in [0.2, 0.25) is 10.0 Å². The Balaban J connectivity index is 1.59. The molecule has 0 aliphatic rings. The molecule has 0 spiro atoms. The van der Waals surface area contributed by atoms with E-state index in [9.17, 15) is 4.79 Å². The fraction of sp³-hybridized carbons (Fsp3) is 0.167. The molecule has 140 valence electrons. The van der Waals surface area contributed by atoms with Crippen LogP contribution in [0.15, 0.2) is 47.6 Å². The molecule has 1 heterocycles. The van der Waals surface area contributed by atoms with Crippen molar-refractivity contribution in [1.82, 2.24) is 20.2 Å². The van der Waals surface area contributed by atoms with Gasteiger partial charge in [0, 0.05) is 17.1 Å². The first-order valence-electron chi connectivity index (χ1n) is 8.05. The zero-order valence-electron chi connectivity index (χ0n) is 14.4. The quantitative estimate of drug-likeness (QED) is 0.468. The summed E-state index contributed by atoms with van der Waals surface area (Å²) in [5.74, 6) is 6.52. The number of benzene rings is 2. The molecule has 0 saturated heterocycles. The molecule has 1 aromatic heterocycles. The van der Waals surface area contributed by atoms with Gasteiger partial charge in [-0.3, -0.25) is 4.79 Å². The summed E-state index contributed by atoms with van der Waals surface area (Å²) in [5, 5.41) is 12.3. The van der Waals surface area contributed by atoms with Crippen LogP contribution >= 0.6 is 35.0 Å². The number of hydrogen-bond acceptors (Lipinski definition) is 5. The second-order valence-corrected chi connectivity index (χ2v) is 7.64. The van der Waals surface area contributed by atoms with E-state index in [1.54, 1.807) is 18.2 Å². The highest BCUT2D eigenvalue weighted by Crippen LogP contribution is 2.30. The van der Waals surface area contributed by atoms with Crippen molar-refractivity contribution in [3.63, 3.8) is 0 Å². The summed E-state index contributed by atoms with van der Waals surface area (Å²) in [7, 11) is 0. The van der Waals surface area contributed by atoms with Crippen LogP contribution in [0.1, 0.15) is 11.1 Å². The van der Waals surface area contributed by atoms with E-state index >= 15 is 0 Å². The Morgan fingerprint density at radius 2 is 1.93 bits per heavy atom. The maximum absolute atomic E-state index is 12.1. The van der Waals surface area contributed by atoms with Crippen molar-refractivity contribution in [3.8, 4) is 11.4 Å². The second kappa shape index (κ2) is 8.65. The average molecular weight is 422 g/mol. The van der Waals surface area contributed by atoms with Crippen LogP contribution in [0, 0.1) is 6.92 Å². The summed E-state index contributed by atoms with van der Waals surface area (Å²) in [6, 6.07) is 13.0. The van der Waals surface area contributed by atoms with Crippen LogP contribution in [-0.2, 0) is 11.3 Å². The minimum atomic E-state index is -0.116. The number of rotatable bonds is 6. The Hall–Kier alpha value is -2.22. The van der Waals surface area contributed by atoms with E-state index < -0.39 is 0 Å². The van der Waals surface area contributed by atoms with E-state index in [2.05, 4.69) is 15.5 Å². The molecule has 0 unspecified atom stereocenters. The summed E-state index contributed by atoms with van der Waals surface area (Å²) in [6.07, 6.45) is 0. The fourth-order valence-electron chi connectivity index (χ4n) is 2.32. The molecule has 9 heteroatoms. The van der Waals surface area contributed by atoms with Gasteiger partial charge in [-0.25, -0.2) is 4.68 Å². The number of thioether (sulfide) groups is 1. The molecule has 0 saturated carbocycles. The summed E-state index contributed by atoms with van der Waals surface area (Å²) in [5.41, 5.74) is 2.84. The minimum Gasteiger partial charge on any atom is -0.351 e. The van der Waals surface area contributed by atoms with Crippen molar-refractivity contribution in [2.45, 2.75) is 18.6 Å². The Morgan fingerprint density at radius 1 is 1.19 bits per heavy atom. The molecule has 6 nitrogen and oxygen atoms in total. The highest BCUT2D eigenvalue weighted by Gasteiger charge is 2.16. The van der Waals surface area contributed by atoms with Crippen LogP contribution in [0.25, 0.3) is 11.4 Å². The van der Waals surface area contributed by atoms with Crippen molar-refractivity contribution in [2.24, 2.45) is 0 Å². The summed E-state index contributed by atoms with van der Waals surface area (Å²) in [4.78, 5) is 12.1. The number of carbonyl (C=O) groups excluding carboxylic acids is 1. The van der Waals surface area contributed by atoms with Crippen molar-refractivity contribution >= 4 is 40.9 Å². The van der Waals surface area contributed by atoms with Crippen molar-refractivity contribution in [3.05, 3.63) is 63.6 Å². The van der Waals surface area contributed by atoms with Gasteiger partial charge in [-0.2, -0.15) is 0 Å². The molecular weight excluding hydrogens is 405 g/mol. The van der Waals surface area contributed by atoms with Gasteiger partial charge < -0.3 is 11.2 Å². The van der Waals surface area contributed by atoms with Gasteiger partial charge in [-0.1, -0.05) is 64.8 Å². The molecule has 3 aromatic rings. The van der Waals surface area contributed by atoms with Gasteiger partial charge in [0.1, 0.15) is 0 Å². The molecule has 3 N–H and O–H groups in total. The predicted molar refractivity (Wildman–Crippen MR) is 109 cm³/mol. The largest absolute Gasteiger partial charge is 0.351 e. The van der Waals surface area contributed by atoms with Gasteiger partial charge in [0.25, 0.3) is 0 Å². The number of halogens is 2. The number of nitrogens with two attached hydrogens (primary N) is 1. The average Bonchev–Trinajstić information content (AvgIpc) is 3.00. The Bertz CT molecular complexity index is 959. The summed E-state index contributed by atoms with van der Waals surface area (Å²) < 4.78 is 1.31. The highest BCUT2D eigenvalue weighted by atomic mass is 35.5. The molecule has 0 atom stereocenters. The molecule has 0 bridgehead atoms. The fourth-order valence-corrected chi connectivity index (χ4v) is 3.50. The Morgan fingerprint density at radius 3 is 2.63 bits per heavy atom. The van der Waals surface area contributed by atoms with Gasteiger partial charge in [0.05, 0.1) is 10.8 Å². The van der Waals surface area contributed by atoms with Gasteiger partial charge >= 0.3 is 0 Å². The molecule has 2 aromatic carbocycles. The van der Waals surface area contributed by atoms with E-state index in [4.69, 9.17) is 29.0 Å². The maximum atomic E-state index is 12.1. The van der Waals surface area contributed by atoms with E-state index in [-0.39, 0.29) is 11.7 Å². The van der Waals surface area contributed by atoms with Gasteiger partial charge in [-0.15, -0.1) is 10.2 Å². The number of carbonyl (C=O) groups is 1. The van der Waals surface area contributed by atoms with Crippen LogP contribution in [0.5, 0.6) is 0 Å². The lowest BCUT2D eigenvalue weighted by Gasteiger charge is -2.07. The summed E-state index contributed by atoms with van der Waals surface area (Å²) in [6.45, 7) is 2.49. The number of nitrogens with zero attached hydrogens (tertiary/aromatic N) is 3. The Kier molecular flexibility index (Phi) is 6.26. The molecule has 0 aliphatic carbocycles. The minimum absolute atomic E-state index is 0.116. The molecular formula is C18H17Cl2N5OS. The number of amides is 1. The van der Waals surface area contributed by atoms with E-state index in [0.717, 1.165) is 5.56 Å². The summed E-state index contributed by atoms with van der Waals surface area (Å²) >= 11 is 13.3. The molecule has 27 heavy (non-hydrogen) atoms. The van der Waals surface area contributed by atoms with Crippen LogP contribution in [0.4, 0.5) is 0 Å². The molecule has 3 rings (SSSR count). The molecule has 0 aliphatic heterocycles. The number of hydrogen-bond donors (Lipinski definition) is 2. The molecule has 0 radical (unpaired) electrons. The van der Waals surface area contributed by atoms with E-state index in [1.165, 1.54) is 22.0 Å². The normalized spacial score (nSPS) is 10.8. The van der Waals surface area contributed by atoms with Crippen LogP contribution in [-0.4, -0.2) is 26.5 Å². The number of nitrogen functional groups attached to an aromatic ring is 1. The van der Waals surface area contributed by atoms with Crippen molar-refractivity contribution < 1.29 is 4.79 Å². The lowest BCUT2D eigenvalue weighted by atomic mass is 10.1. The van der Waals surface area contributed by atoms with E-state index in [0.29, 0.717) is 33.1 Å². The zero-order valence-corrected chi connectivity index (χ0v) is 16.8. The Labute approximate surface area is 171 Å². The third-order valence-electron chi connectivity index (χ3n) is 3.78. The lowest BCUT2D eigenvalue weighted by molar-refractivity contribution is -0.118. The van der Waals surface area contributed by atoms with Gasteiger partial charge in [0.2, 0.25) is 11.1 Å². The lowest BCUT2D eigenvalue weighted by Crippen LogP contribution is -2.25. The standard InChI is InChI=1S/C18H17Cl2N5OS/c1-11-2-4-12(5-3-11)9-22-16(26)10-27-18-24-23-17(25(18)21)14-7-6-13(19)8-15(14)20/h2-8H,9-10,21H2,1H3,(H,22,26). The van der Waals surface area contributed by atoms with Crippen molar-refractivity contribution in [1.29, 1.82) is 0 Å². The zero-order chi connectivity index (χ0) is 19.4. The van der Waals surface area contributed by atoms with Gasteiger partial charge in [0.15, 0.2) is 5.82 Å². The third-order valence-corrected chi connectivity index (χ3v) is 5.27. The predicted octanol–water partition coefficient (Wildman–Crippen LogP) is 3.68. The topological polar surface area (TPSA) is 85.8 Å². The highest BCUT2D eigenvalue weighted by molar-refractivity contribution is 7.99. The van der Waals surface area contributed by atoms with Crippen LogP contribution < -0.4 is 11.2 Å². The SMILES string of the molecule is Cc1ccc(CNC(=O)CSc2nnc(-c3ccc(Cl)cc3Cl)n2N)cc1. The smallest absolute Gasteiger partial charge is 0.230 e. The number of aryl methyl sites for hydroxylation is 1. The number of nitrogens with one attached hydrogen (secondary N) is 1. The molecule has 1 amide bonds. The monoisotopic (exact) mass is 421 g/mol. The maximum Gasteiger partial charge on any atom is 0.230 e. The van der Waals surface area contributed by atoms with Gasteiger partial charge in [-0.05, 0) is 30.7 Å². The first kappa shape index (κ1) is 19.5.